The summed E-state index contributed by atoms with van der Waals surface area (Å²) in [4.78, 5) is 1.26. The van der Waals surface area contributed by atoms with E-state index >= 15 is 0 Å². The largest absolute Gasteiger partial charge is 0.504 e. The van der Waals surface area contributed by atoms with Gasteiger partial charge in [0.2, 0.25) is 0 Å². The number of phenolic OH excluding ortho intramolecular Hbond substituents is 1. The lowest BCUT2D eigenvalue weighted by molar-refractivity contribution is 0.318. The summed E-state index contributed by atoms with van der Waals surface area (Å²) >= 11 is 0. The number of para-hydroxylation sites is 1. The van der Waals surface area contributed by atoms with Gasteiger partial charge in [-0.3, -0.25) is 0 Å². The highest BCUT2D eigenvalue weighted by Crippen LogP contribution is 2.26. The molecule has 0 spiro atoms. The number of phenols is 1. The Morgan fingerprint density at radius 1 is 1.25 bits per heavy atom. The number of nitrogens with zero attached hydrogens (tertiary/aromatic N) is 5. The van der Waals surface area contributed by atoms with E-state index in [4.69, 9.17) is 4.74 Å². The zero-order valence-corrected chi connectivity index (χ0v) is 13.0. The Hall–Kier alpha value is -3.42. The molecular formula is C16H16N6O2. The molecular weight excluding hydrogens is 308 g/mol. The summed E-state index contributed by atoms with van der Waals surface area (Å²) in [5.74, 6) is 0.872. The maximum absolute atomic E-state index is 9.88. The molecule has 3 rings (SSSR count). The Morgan fingerprint density at radius 3 is 2.83 bits per heavy atom. The molecule has 0 aliphatic carbocycles. The third-order valence-corrected chi connectivity index (χ3v) is 3.08. The predicted molar refractivity (Wildman–Crippen MR) is 89.8 cm³/mol. The fourth-order valence-electron chi connectivity index (χ4n) is 2.00. The van der Waals surface area contributed by atoms with Crippen LogP contribution >= 0.6 is 0 Å². The van der Waals surface area contributed by atoms with Crippen molar-refractivity contribution in [3.8, 4) is 11.5 Å². The van der Waals surface area contributed by atoms with Crippen LogP contribution in [0.2, 0.25) is 0 Å². The van der Waals surface area contributed by atoms with Crippen LogP contribution in [0.3, 0.4) is 0 Å². The fraction of sp³-hybridized carbons (Fsp3) is 0.125. The number of nitrogens with one attached hydrogen (secondary N) is 1. The average molecular weight is 324 g/mol. The van der Waals surface area contributed by atoms with Gasteiger partial charge in [-0.1, -0.05) is 28.1 Å². The molecule has 0 radical (unpaired) electrons. The third kappa shape index (κ3) is 3.67. The van der Waals surface area contributed by atoms with Crippen molar-refractivity contribution in [1.29, 1.82) is 0 Å². The summed E-state index contributed by atoms with van der Waals surface area (Å²) in [7, 11) is 0. The molecule has 0 fully saturated rings. The molecule has 0 atom stereocenters. The highest BCUT2D eigenvalue weighted by Gasteiger charge is 2.05. The molecule has 3 aromatic rings. The minimum atomic E-state index is 0.0557. The van der Waals surface area contributed by atoms with Crippen LogP contribution in [-0.4, -0.2) is 38.2 Å². The Bertz CT molecular complexity index is 832. The number of benzene rings is 2. The van der Waals surface area contributed by atoms with Crippen molar-refractivity contribution in [2.24, 2.45) is 5.10 Å². The van der Waals surface area contributed by atoms with Gasteiger partial charge in [0.25, 0.3) is 5.95 Å². The van der Waals surface area contributed by atoms with E-state index in [9.17, 15) is 5.11 Å². The van der Waals surface area contributed by atoms with Gasteiger partial charge < -0.3 is 15.2 Å². The van der Waals surface area contributed by atoms with Gasteiger partial charge in [0.15, 0.2) is 11.5 Å². The molecule has 0 saturated heterocycles. The van der Waals surface area contributed by atoms with E-state index in [0.717, 1.165) is 5.69 Å². The summed E-state index contributed by atoms with van der Waals surface area (Å²) in [5, 5.41) is 28.4. The second-order valence-electron chi connectivity index (χ2n) is 4.79. The molecule has 0 unspecified atom stereocenters. The van der Waals surface area contributed by atoms with E-state index in [0.29, 0.717) is 23.9 Å². The molecule has 1 aromatic heterocycles. The first-order chi connectivity index (χ1) is 11.8. The number of anilines is 2. The molecule has 24 heavy (non-hydrogen) atoms. The Balaban J connectivity index is 1.76. The molecule has 2 N–H and O–H groups in total. The van der Waals surface area contributed by atoms with Crippen molar-refractivity contribution in [3.63, 3.8) is 0 Å². The van der Waals surface area contributed by atoms with Gasteiger partial charge in [0.1, 0.15) is 0 Å². The summed E-state index contributed by atoms with van der Waals surface area (Å²) in [6.07, 6.45) is 1.54. The zero-order chi connectivity index (χ0) is 16.8. The van der Waals surface area contributed by atoms with Crippen molar-refractivity contribution >= 4 is 17.9 Å². The molecule has 0 saturated carbocycles. The maximum Gasteiger partial charge on any atom is 0.269 e. The molecule has 0 aliphatic heterocycles. The quantitative estimate of drug-likeness (QED) is 0.676. The van der Waals surface area contributed by atoms with Gasteiger partial charge in [-0.15, -0.1) is 0 Å². The maximum atomic E-state index is 9.88. The number of aromatic hydroxyl groups is 1. The minimum absolute atomic E-state index is 0.0557. The van der Waals surface area contributed by atoms with E-state index < -0.39 is 0 Å². The summed E-state index contributed by atoms with van der Waals surface area (Å²) < 4.78 is 5.29. The summed E-state index contributed by atoms with van der Waals surface area (Å²) in [5.41, 5.74) is 1.54. The fourth-order valence-corrected chi connectivity index (χ4v) is 2.00. The van der Waals surface area contributed by atoms with Crippen molar-refractivity contribution in [3.05, 3.63) is 54.1 Å². The van der Waals surface area contributed by atoms with Crippen molar-refractivity contribution < 1.29 is 9.84 Å². The number of hydrogen-bond acceptors (Lipinski definition) is 7. The molecule has 122 valence electrons. The van der Waals surface area contributed by atoms with Gasteiger partial charge in [-0.2, -0.15) is 5.10 Å². The van der Waals surface area contributed by atoms with Gasteiger partial charge in [-0.25, -0.2) is 0 Å². The number of rotatable bonds is 6. The minimum Gasteiger partial charge on any atom is -0.504 e. The number of hydrogen-bond donors (Lipinski definition) is 2. The van der Waals surface area contributed by atoms with Gasteiger partial charge >= 0.3 is 0 Å². The first kappa shape index (κ1) is 15.5. The highest BCUT2D eigenvalue weighted by atomic mass is 16.5. The first-order valence-corrected chi connectivity index (χ1v) is 7.37. The predicted octanol–water partition coefficient (Wildman–Crippen LogP) is 2.40. The monoisotopic (exact) mass is 324 g/mol. The second-order valence-corrected chi connectivity index (χ2v) is 4.79. The van der Waals surface area contributed by atoms with E-state index in [1.165, 1.54) is 4.79 Å². The molecule has 0 bridgehead atoms. The van der Waals surface area contributed by atoms with Crippen molar-refractivity contribution in [2.45, 2.75) is 6.92 Å². The van der Waals surface area contributed by atoms with Crippen molar-refractivity contribution in [2.75, 3.05) is 11.9 Å². The average Bonchev–Trinajstić information content (AvgIpc) is 3.03. The van der Waals surface area contributed by atoms with Crippen LogP contribution in [0.25, 0.3) is 0 Å². The Labute approximate surface area is 138 Å². The third-order valence-electron chi connectivity index (χ3n) is 3.08. The van der Waals surface area contributed by atoms with E-state index in [2.05, 4.69) is 25.9 Å². The SMILES string of the molecule is CCOc1ccc(C=Nn2nnnc2Nc2ccccc2)cc1O. The topological polar surface area (TPSA) is 97.5 Å². The van der Waals surface area contributed by atoms with Crippen LogP contribution in [-0.2, 0) is 0 Å². The Morgan fingerprint density at radius 2 is 2.08 bits per heavy atom. The molecule has 8 heteroatoms. The zero-order valence-electron chi connectivity index (χ0n) is 13.0. The standard InChI is InChI=1S/C16H16N6O2/c1-2-24-15-9-8-12(10-14(15)23)11-17-22-16(19-20-21-22)18-13-6-4-3-5-7-13/h3-11,23H,2H2,1H3,(H,18,19,21). The normalized spacial score (nSPS) is 10.9. The number of tetrazole rings is 1. The summed E-state index contributed by atoms with van der Waals surface area (Å²) in [6.45, 7) is 2.34. The van der Waals surface area contributed by atoms with E-state index in [-0.39, 0.29) is 5.75 Å². The molecule has 2 aromatic carbocycles. The van der Waals surface area contributed by atoms with Crippen LogP contribution in [0.15, 0.2) is 53.6 Å². The highest BCUT2D eigenvalue weighted by molar-refractivity contribution is 5.80. The van der Waals surface area contributed by atoms with Gasteiger partial charge in [-0.05, 0) is 53.2 Å². The van der Waals surface area contributed by atoms with E-state index in [1.54, 1.807) is 24.4 Å². The smallest absolute Gasteiger partial charge is 0.269 e. The molecule has 0 aliphatic rings. The molecule has 8 nitrogen and oxygen atoms in total. The van der Waals surface area contributed by atoms with Crippen LogP contribution in [0.5, 0.6) is 11.5 Å². The first-order valence-electron chi connectivity index (χ1n) is 7.37. The van der Waals surface area contributed by atoms with Crippen LogP contribution in [0.1, 0.15) is 12.5 Å². The van der Waals surface area contributed by atoms with Crippen LogP contribution in [0, 0.1) is 0 Å². The lowest BCUT2D eigenvalue weighted by atomic mass is 10.2. The number of aromatic nitrogens is 4. The lowest BCUT2D eigenvalue weighted by Gasteiger charge is -2.05. The Kier molecular flexibility index (Phi) is 4.66. The van der Waals surface area contributed by atoms with E-state index in [1.807, 2.05) is 37.3 Å². The second kappa shape index (κ2) is 7.23. The summed E-state index contributed by atoms with van der Waals surface area (Å²) in [6, 6.07) is 14.5. The van der Waals surface area contributed by atoms with Gasteiger partial charge in [0.05, 0.1) is 12.8 Å². The van der Waals surface area contributed by atoms with Gasteiger partial charge in [0, 0.05) is 5.69 Å². The molecule has 0 amide bonds. The van der Waals surface area contributed by atoms with Crippen LogP contribution < -0.4 is 10.1 Å². The van der Waals surface area contributed by atoms with Crippen molar-refractivity contribution in [1.82, 2.24) is 20.3 Å². The molecule has 1 heterocycles. The van der Waals surface area contributed by atoms with Crippen LogP contribution in [0.4, 0.5) is 11.6 Å². The number of ether oxygens (including phenoxy) is 1. The lowest BCUT2D eigenvalue weighted by Crippen LogP contribution is -2.01.